The van der Waals surface area contributed by atoms with Gasteiger partial charge in [0.05, 0.1) is 5.75 Å². The third kappa shape index (κ3) is 7.12. The maximum Gasteiger partial charge on any atom is 0.234 e. The topological polar surface area (TPSA) is 112 Å². The summed E-state index contributed by atoms with van der Waals surface area (Å²) in [6.07, 6.45) is 0.638. The first-order valence-electron chi connectivity index (χ1n) is 10.4. The van der Waals surface area contributed by atoms with Gasteiger partial charge in [0.2, 0.25) is 11.8 Å². The maximum atomic E-state index is 12.5. The highest BCUT2D eigenvalue weighted by Crippen LogP contribution is 2.24. The zero-order valence-electron chi connectivity index (χ0n) is 18.2. The minimum Gasteiger partial charge on any atom is -0.457 e. The van der Waals surface area contributed by atoms with Gasteiger partial charge in [-0.2, -0.15) is 0 Å². The van der Waals surface area contributed by atoms with Crippen molar-refractivity contribution in [2.75, 3.05) is 11.1 Å². The molecule has 9 heteroatoms. The lowest BCUT2D eigenvalue weighted by atomic mass is 10.2. The molecular formula is C23H27N5O3S. The number of hydrogen-bond donors (Lipinski definition) is 2. The van der Waals surface area contributed by atoms with E-state index in [1.54, 1.807) is 6.07 Å². The largest absolute Gasteiger partial charge is 0.457 e. The number of aryl methyl sites for hydroxylation is 1. The molecule has 2 amide bonds. The van der Waals surface area contributed by atoms with Gasteiger partial charge in [0.15, 0.2) is 5.16 Å². The van der Waals surface area contributed by atoms with Crippen LogP contribution in [0.25, 0.3) is 0 Å². The fraction of sp³-hybridized carbons (Fsp3) is 0.304. The van der Waals surface area contributed by atoms with Gasteiger partial charge in [0.25, 0.3) is 0 Å². The van der Waals surface area contributed by atoms with Gasteiger partial charge in [-0.3, -0.25) is 9.59 Å². The van der Waals surface area contributed by atoms with E-state index in [2.05, 4.69) is 29.4 Å². The van der Waals surface area contributed by atoms with Gasteiger partial charge >= 0.3 is 0 Å². The fourth-order valence-electron chi connectivity index (χ4n) is 2.98. The van der Waals surface area contributed by atoms with E-state index in [0.29, 0.717) is 41.3 Å². The SMILES string of the molecule is CC(C)Cn1c(CCC(N)=O)nnc1SCC(=O)Nc1cccc(Oc2ccccc2)c1. The summed E-state index contributed by atoms with van der Waals surface area (Å²) < 4.78 is 7.77. The van der Waals surface area contributed by atoms with Crippen LogP contribution >= 0.6 is 11.8 Å². The lowest BCUT2D eigenvalue weighted by molar-refractivity contribution is -0.118. The van der Waals surface area contributed by atoms with E-state index in [4.69, 9.17) is 10.5 Å². The molecule has 32 heavy (non-hydrogen) atoms. The molecule has 3 aromatic rings. The highest BCUT2D eigenvalue weighted by atomic mass is 32.2. The van der Waals surface area contributed by atoms with Gasteiger partial charge in [-0.05, 0) is 30.2 Å². The first kappa shape index (κ1) is 23.3. The number of amides is 2. The Balaban J connectivity index is 1.60. The van der Waals surface area contributed by atoms with E-state index < -0.39 is 0 Å². The van der Waals surface area contributed by atoms with Crippen molar-refractivity contribution >= 4 is 29.3 Å². The van der Waals surface area contributed by atoms with Gasteiger partial charge in [0.1, 0.15) is 17.3 Å². The van der Waals surface area contributed by atoms with E-state index in [-0.39, 0.29) is 24.0 Å². The van der Waals surface area contributed by atoms with Crippen molar-refractivity contribution in [3.8, 4) is 11.5 Å². The van der Waals surface area contributed by atoms with Gasteiger partial charge in [-0.25, -0.2) is 0 Å². The minimum absolute atomic E-state index is 0.162. The first-order valence-corrected chi connectivity index (χ1v) is 11.3. The molecule has 1 heterocycles. The second-order valence-electron chi connectivity index (χ2n) is 7.65. The molecule has 0 radical (unpaired) electrons. The summed E-state index contributed by atoms with van der Waals surface area (Å²) in [7, 11) is 0. The quantitative estimate of drug-likeness (QED) is 0.426. The summed E-state index contributed by atoms with van der Waals surface area (Å²) in [6, 6.07) is 16.7. The average molecular weight is 454 g/mol. The molecule has 0 bridgehead atoms. The molecule has 0 atom stereocenters. The van der Waals surface area contributed by atoms with Crippen LogP contribution in [-0.2, 0) is 22.6 Å². The zero-order chi connectivity index (χ0) is 22.9. The molecule has 0 aliphatic heterocycles. The number of rotatable bonds is 11. The smallest absolute Gasteiger partial charge is 0.234 e. The standard InChI is InChI=1S/C23H27N5O3S/c1-16(2)14-28-21(12-11-20(24)29)26-27-23(28)32-15-22(30)25-17-7-6-10-19(13-17)31-18-8-4-3-5-9-18/h3-10,13,16H,11-12,14-15H2,1-2H3,(H2,24,29)(H,25,30). The van der Waals surface area contributed by atoms with Crippen molar-refractivity contribution in [1.29, 1.82) is 0 Å². The van der Waals surface area contributed by atoms with Crippen LogP contribution in [0.4, 0.5) is 5.69 Å². The Bertz CT molecular complexity index is 1050. The van der Waals surface area contributed by atoms with Gasteiger partial charge in [-0.1, -0.05) is 49.9 Å². The molecule has 1 aromatic heterocycles. The summed E-state index contributed by atoms with van der Waals surface area (Å²) in [5, 5.41) is 11.9. The third-order valence-corrected chi connectivity index (χ3v) is 5.33. The Kier molecular flexibility index (Phi) is 8.27. The molecule has 8 nitrogen and oxygen atoms in total. The van der Waals surface area contributed by atoms with Crippen LogP contribution in [0.5, 0.6) is 11.5 Å². The van der Waals surface area contributed by atoms with Crippen LogP contribution in [0, 0.1) is 5.92 Å². The highest BCUT2D eigenvalue weighted by molar-refractivity contribution is 7.99. The van der Waals surface area contributed by atoms with Crippen molar-refractivity contribution in [2.24, 2.45) is 11.7 Å². The number of nitrogens with one attached hydrogen (secondary N) is 1. The summed E-state index contributed by atoms with van der Waals surface area (Å²) in [5.74, 6) is 2.06. The number of primary amides is 1. The van der Waals surface area contributed by atoms with Gasteiger partial charge in [0, 0.05) is 31.1 Å². The van der Waals surface area contributed by atoms with Crippen LogP contribution in [0.3, 0.4) is 0 Å². The Hall–Kier alpha value is -3.33. The summed E-state index contributed by atoms with van der Waals surface area (Å²) in [6.45, 7) is 4.87. The molecule has 0 spiro atoms. The van der Waals surface area contributed by atoms with Crippen molar-refractivity contribution < 1.29 is 14.3 Å². The molecule has 0 aliphatic carbocycles. The number of anilines is 1. The van der Waals surface area contributed by atoms with E-state index in [1.807, 2.05) is 53.1 Å². The molecule has 0 fully saturated rings. The molecule has 0 aliphatic rings. The third-order valence-electron chi connectivity index (χ3n) is 4.37. The number of ether oxygens (including phenoxy) is 1. The number of para-hydroxylation sites is 1. The average Bonchev–Trinajstić information content (AvgIpc) is 3.12. The van der Waals surface area contributed by atoms with Gasteiger partial charge < -0.3 is 20.4 Å². The molecule has 3 rings (SSSR count). The molecule has 0 saturated heterocycles. The van der Waals surface area contributed by atoms with Crippen LogP contribution in [0.15, 0.2) is 59.8 Å². The molecular weight excluding hydrogens is 426 g/mol. The number of nitrogens with two attached hydrogens (primary N) is 1. The number of thioether (sulfide) groups is 1. The zero-order valence-corrected chi connectivity index (χ0v) is 19.0. The lowest BCUT2D eigenvalue weighted by Crippen LogP contribution is -2.16. The number of carbonyl (C=O) groups excluding carboxylic acids is 2. The first-order chi connectivity index (χ1) is 15.4. The second-order valence-corrected chi connectivity index (χ2v) is 8.59. The Labute approximate surface area is 191 Å². The van der Waals surface area contributed by atoms with E-state index in [0.717, 1.165) is 5.75 Å². The normalized spacial score (nSPS) is 10.8. The number of aromatic nitrogens is 3. The number of benzene rings is 2. The van der Waals surface area contributed by atoms with Crippen molar-refractivity contribution in [1.82, 2.24) is 14.8 Å². The Morgan fingerprint density at radius 1 is 1.09 bits per heavy atom. The van der Waals surface area contributed by atoms with Crippen LogP contribution in [-0.4, -0.2) is 32.3 Å². The number of carbonyl (C=O) groups is 2. The lowest BCUT2D eigenvalue weighted by Gasteiger charge is -2.12. The van der Waals surface area contributed by atoms with Crippen LogP contribution in [0.1, 0.15) is 26.1 Å². The number of nitrogens with zero attached hydrogens (tertiary/aromatic N) is 3. The van der Waals surface area contributed by atoms with E-state index in [1.165, 1.54) is 11.8 Å². The van der Waals surface area contributed by atoms with Crippen molar-refractivity contribution in [3.05, 3.63) is 60.4 Å². The van der Waals surface area contributed by atoms with Crippen molar-refractivity contribution in [3.63, 3.8) is 0 Å². The highest BCUT2D eigenvalue weighted by Gasteiger charge is 2.16. The fourth-order valence-corrected chi connectivity index (χ4v) is 3.75. The second kappa shape index (κ2) is 11.3. The van der Waals surface area contributed by atoms with Crippen molar-refractivity contribution in [2.45, 2.75) is 38.4 Å². The minimum atomic E-state index is -0.379. The molecule has 2 aromatic carbocycles. The summed E-state index contributed by atoms with van der Waals surface area (Å²) in [4.78, 5) is 23.6. The Morgan fingerprint density at radius 2 is 1.84 bits per heavy atom. The monoisotopic (exact) mass is 453 g/mol. The summed E-state index contributed by atoms with van der Waals surface area (Å²) >= 11 is 1.31. The maximum absolute atomic E-state index is 12.5. The van der Waals surface area contributed by atoms with E-state index in [9.17, 15) is 9.59 Å². The summed E-state index contributed by atoms with van der Waals surface area (Å²) in [5.41, 5.74) is 5.91. The van der Waals surface area contributed by atoms with Crippen LogP contribution < -0.4 is 15.8 Å². The predicted octanol–water partition coefficient (Wildman–Crippen LogP) is 3.88. The van der Waals surface area contributed by atoms with Gasteiger partial charge in [-0.15, -0.1) is 10.2 Å². The van der Waals surface area contributed by atoms with E-state index >= 15 is 0 Å². The molecule has 168 valence electrons. The molecule has 0 unspecified atom stereocenters. The Morgan fingerprint density at radius 3 is 2.56 bits per heavy atom. The molecule has 3 N–H and O–H groups in total. The number of hydrogen-bond acceptors (Lipinski definition) is 6. The molecule has 0 saturated carbocycles. The van der Waals surface area contributed by atoms with Crippen LogP contribution in [0.2, 0.25) is 0 Å². The predicted molar refractivity (Wildman–Crippen MR) is 125 cm³/mol.